The Morgan fingerprint density at radius 3 is 2.83 bits per heavy atom. The Bertz CT molecular complexity index is 163. The fourth-order valence-electron chi connectivity index (χ4n) is 1.96. The van der Waals surface area contributed by atoms with Crippen LogP contribution in [0.2, 0.25) is 0 Å². The lowest BCUT2D eigenvalue weighted by Crippen LogP contribution is -2.37. The summed E-state index contributed by atoms with van der Waals surface area (Å²) < 4.78 is 0. The number of hydrogen-bond donors (Lipinski definition) is 1. The van der Waals surface area contributed by atoms with Gasteiger partial charge in [0.15, 0.2) is 0 Å². The Morgan fingerprint density at radius 1 is 1.58 bits per heavy atom. The van der Waals surface area contributed by atoms with E-state index in [1.54, 1.807) is 5.54 Å². The molecule has 1 aliphatic rings. The van der Waals surface area contributed by atoms with Gasteiger partial charge < -0.3 is 5.32 Å². The minimum absolute atomic E-state index is 0.472. The van der Waals surface area contributed by atoms with Gasteiger partial charge >= 0.3 is 0 Å². The lowest BCUT2D eigenvalue weighted by atomic mass is 9.87. The molecule has 1 rings (SSSR count). The van der Waals surface area contributed by atoms with Gasteiger partial charge in [-0.2, -0.15) is 0 Å². The Kier molecular flexibility index (Phi) is 3.60. The highest BCUT2D eigenvalue weighted by atomic mass is 35.5. The second-order valence-electron chi connectivity index (χ2n) is 4.20. The number of halogens is 1. The van der Waals surface area contributed by atoms with E-state index in [0.717, 1.165) is 6.54 Å². The van der Waals surface area contributed by atoms with Crippen molar-refractivity contribution in [3.05, 3.63) is 11.6 Å². The van der Waals surface area contributed by atoms with Gasteiger partial charge in [0.25, 0.3) is 0 Å². The molecule has 1 fully saturated rings. The average Bonchev–Trinajstić information content (AvgIpc) is 2.32. The highest BCUT2D eigenvalue weighted by Crippen LogP contribution is 2.36. The third-order valence-corrected chi connectivity index (χ3v) is 3.01. The summed E-state index contributed by atoms with van der Waals surface area (Å²) in [5.74, 6) is 0. The summed E-state index contributed by atoms with van der Waals surface area (Å²) in [5.41, 5.74) is 2.05. The molecule has 0 aliphatic heterocycles. The summed E-state index contributed by atoms with van der Waals surface area (Å²) >= 11 is 5.44. The first-order chi connectivity index (χ1) is 5.67. The molecule has 0 heterocycles. The molecule has 0 radical (unpaired) electrons. The van der Waals surface area contributed by atoms with Crippen molar-refractivity contribution in [3.63, 3.8) is 0 Å². The van der Waals surface area contributed by atoms with Crippen LogP contribution in [0.1, 0.15) is 33.1 Å². The molecule has 1 unspecified atom stereocenters. The van der Waals surface area contributed by atoms with Gasteiger partial charge in [-0.05, 0) is 18.3 Å². The maximum absolute atomic E-state index is 5.44. The first-order valence-corrected chi connectivity index (χ1v) is 5.09. The molecule has 1 atom stereocenters. The second-order valence-corrected chi connectivity index (χ2v) is 4.46. The number of hydrogen-bond acceptors (Lipinski definition) is 1. The van der Waals surface area contributed by atoms with Crippen LogP contribution in [0.3, 0.4) is 0 Å². The van der Waals surface area contributed by atoms with E-state index in [0.29, 0.717) is 11.5 Å². The highest BCUT2D eigenvalue weighted by Gasteiger charge is 2.33. The minimum atomic E-state index is 0.472. The van der Waals surface area contributed by atoms with Crippen LogP contribution in [0.5, 0.6) is 0 Å². The molecule has 0 bridgehead atoms. The second kappa shape index (κ2) is 4.29. The van der Waals surface area contributed by atoms with Gasteiger partial charge in [-0.1, -0.05) is 37.9 Å². The quantitative estimate of drug-likeness (QED) is 0.717. The Morgan fingerprint density at radius 2 is 2.33 bits per heavy atom. The first-order valence-electron chi connectivity index (χ1n) is 4.65. The topological polar surface area (TPSA) is 12.0 Å². The van der Waals surface area contributed by atoms with Crippen molar-refractivity contribution < 1.29 is 0 Å². The van der Waals surface area contributed by atoms with Gasteiger partial charge in [0.2, 0.25) is 0 Å². The molecule has 0 aromatic heterocycles. The molecule has 0 amide bonds. The van der Waals surface area contributed by atoms with Gasteiger partial charge in [-0.25, -0.2) is 0 Å². The van der Waals surface area contributed by atoms with Crippen LogP contribution in [0.25, 0.3) is 0 Å². The van der Waals surface area contributed by atoms with Crippen molar-refractivity contribution in [3.8, 4) is 0 Å². The number of rotatable bonds is 3. The Balaban J connectivity index is 2.31. The lowest BCUT2D eigenvalue weighted by Gasteiger charge is -2.27. The van der Waals surface area contributed by atoms with Crippen molar-refractivity contribution >= 4 is 11.6 Å². The maximum atomic E-state index is 5.44. The first kappa shape index (κ1) is 10.1. The summed E-state index contributed by atoms with van der Waals surface area (Å²) in [6.07, 6.45) is 5.96. The molecular weight excluding hydrogens is 170 g/mol. The SMILES string of the molecule is CC1(C)CCCC1NC/C=C/Cl. The fourth-order valence-corrected chi connectivity index (χ4v) is 2.05. The molecule has 1 nitrogen and oxygen atoms in total. The molecule has 1 saturated carbocycles. The summed E-state index contributed by atoms with van der Waals surface area (Å²) in [5, 5.41) is 3.50. The predicted octanol–water partition coefficient (Wildman–Crippen LogP) is 2.91. The van der Waals surface area contributed by atoms with E-state index in [1.807, 2.05) is 6.08 Å². The largest absolute Gasteiger partial charge is 0.310 e. The van der Waals surface area contributed by atoms with Crippen LogP contribution < -0.4 is 5.32 Å². The van der Waals surface area contributed by atoms with Crippen LogP contribution in [0.4, 0.5) is 0 Å². The van der Waals surface area contributed by atoms with E-state index in [4.69, 9.17) is 11.6 Å². The maximum Gasteiger partial charge on any atom is 0.0149 e. The van der Waals surface area contributed by atoms with E-state index in [2.05, 4.69) is 19.2 Å². The van der Waals surface area contributed by atoms with Crippen molar-refractivity contribution in [2.75, 3.05) is 6.54 Å². The average molecular weight is 188 g/mol. The van der Waals surface area contributed by atoms with Crippen molar-refractivity contribution in [1.82, 2.24) is 5.32 Å². The molecule has 1 aliphatic carbocycles. The van der Waals surface area contributed by atoms with Gasteiger partial charge in [-0.3, -0.25) is 0 Å². The van der Waals surface area contributed by atoms with Crippen molar-refractivity contribution in [1.29, 1.82) is 0 Å². The predicted molar refractivity (Wildman–Crippen MR) is 54.4 cm³/mol. The van der Waals surface area contributed by atoms with E-state index in [9.17, 15) is 0 Å². The van der Waals surface area contributed by atoms with E-state index < -0.39 is 0 Å². The third-order valence-electron chi connectivity index (χ3n) is 2.83. The van der Waals surface area contributed by atoms with Gasteiger partial charge in [0.05, 0.1) is 0 Å². The normalized spacial score (nSPS) is 28.4. The molecular formula is C10H18ClN. The zero-order valence-corrected chi connectivity index (χ0v) is 8.69. The third kappa shape index (κ3) is 2.49. The van der Waals surface area contributed by atoms with Crippen LogP contribution in [0, 0.1) is 5.41 Å². The van der Waals surface area contributed by atoms with Gasteiger partial charge in [-0.15, -0.1) is 0 Å². The number of nitrogens with one attached hydrogen (secondary N) is 1. The molecule has 0 saturated heterocycles. The van der Waals surface area contributed by atoms with Gasteiger partial charge in [0.1, 0.15) is 0 Å². The molecule has 1 N–H and O–H groups in total. The standard InChI is InChI=1S/C10H18ClN/c1-10(2)6-3-5-9(10)12-8-4-7-11/h4,7,9,12H,3,5-6,8H2,1-2H3/b7-4+. The smallest absolute Gasteiger partial charge is 0.0149 e. The van der Waals surface area contributed by atoms with Crippen molar-refractivity contribution in [2.45, 2.75) is 39.2 Å². The van der Waals surface area contributed by atoms with Crippen molar-refractivity contribution in [2.24, 2.45) is 5.41 Å². The summed E-state index contributed by atoms with van der Waals surface area (Å²) in [4.78, 5) is 0. The van der Waals surface area contributed by atoms with Crippen LogP contribution in [-0.4, -0.2) is 12.6 Å². The molecule has 12 heavy (non-hydrogen) atoms. The van der Waals surface area contributed by atoms with E-state index in [-0.39, 0.29) is 0 Å². The van der Waals surface area contributed by atoms with E-state index >= 15 is 0 Å². The zero-order valence-electron chi connectivity index (χ0n) is 7.94. The molecule has 0 aromatic carbocycles. The summed E-state index contributed by atoms with van der Waals surface area (Å²) in [6.45, 7) is 5.57. The summed E-state index contributed by atoms with van der Waals surface area (Å²) in [6, 6.07) is 0.672. The fraction of sp³-hybridized carbons (Fsp3) is 0.800. The van der Waals surface area contributed by atoms with Crippen LogP contribution in [0.15, 0.2) is 11.6 Å². The Hall–Kier alpha value is -0.0100. The highest BCUT2D eigenvalue weighted by molar-refractivity contribution is 6.25. The minimum Gasteiger partial charge on any atom is -0.310 e. The molecule has 0 spiro atoms. The zero-order chi connectivity index (χ0) is 9.03. The van der Waals surface area contributed by atoms with E-state index in [1.165, 1.54) is 19.3 Å². The summed E-state index contributed by atoms with van der Waals surface area (Å²) in [7, 11) is 0. The lowest BCUT2D eigenvalue weighted by molar-refractivity contribution is 0.291. The van der Waals surface area contributed by atoms with Crippen LogP contribution >= 0.6 is 11.6 Å². The molecule has 0 aromatic rings. The van der Waals surface area contributed by atoms with Gasteiger partial charge in [0, 0.05) is 18.1 Å². The monoisotopic (exact) mass is 187 g/mol. The molecule has 70 valence electrons. The van der Waals surface area contributed by atoms with Crippen LogP contribution in [-0.2, 0) is 0 Å². The Labute approximate surface area is 80.2 Å². The molecule has 2 heteroatoms.